The molecule has 10 heteroatoms. The first-order chi connectivity index (χ1) is 14.6. The Bertz CT molecular complexity index is 1240. The molecule has 5 rings (SSSR count). The van der Waals surface area contributed by atoms with Gasteiger partial charge in [-0.1, -0.05) is 0 Å². The van der Waals surface area contributed by atoms with Crippen molar-refractivity contribution in [3.8, 4) is 17.0 Å². The van der Waals surface area contributed by atoms with Gasteiger partial charge in [0.25, 0.3) is 0 Å². The van der Waals surface area contributed by atoms with Crippen molar-refractivity contribution in [1.82, 2.24) is 35.1 Å². The molecule has 1 N–H and O–H groups in total. The average Bonchev–Trinajstić information content (AvgIpc) is 3.15. The van der Waals surface area contributed by atoms with Crippen LogP contribution in [0.2, 0.25) is 0 Å². The van der Waals surface area contributed by atoms with Crippen molar-refractivity contribution >= 4 is 29.1 Å². The molecule has 31 heavy (non-hydrogen) atoms. The van der Waals surface area contributed by atoms with Crippen LogP contribution in [0.4, 0.5) is 4.39 Å². The van der Waals surface area contributed by atoms with E-state index in [-0.39, 0.29) is 23.8 Å². The highest BCUT2D eigenvalue weighted by molar-refractivity contribution is 5.85. The summed E-state index contributed by atoms with van der Waals surface area (Å²) in [6, 6.07) is 4.98. The van der Waals surface area contributed by atoms with E-state index in [1.807, 2.05) is 20.0 Å². The quantitative estimate of drug-likeness (QED) is 0.516. The highest BCUT2D eigenvalue weighted by Gasteiger charge is 2.20. The number of aryl methyl sites for hydroxylation is 1. The summed E-state index contributed by atoms with van der Waals surface area (Å²) in [5, 5.41) is 16.5. The summed E-state index contributed by atoms with van der Waals surface area (Å²) in [5.74, 6) is 0.989. The Kier molecular flexibility index (Phi) is 5.97. The fraction of sp³-hybridized carbons (Fsp3) is 0.381. The number of rotatable bonds is 4. The van der Waals surface area contributed by atoms with E-state index in [9.17, 15) is 0 Å². The fourth-order valence-electron chi connectivity index (χ4n) is 3.88. The van der Waals surface area contributed by atoms with Crippen LogP contribution in [0.15, 0.2) is 24.4 Å². The van der Waals surface area contributed by atoms with Crippen LogP contribution < -0.4 is 10.1 Å². The normalized spacial score (nSPS) is 14.7. The van der Waals surface area contributed by atoms with Crippen LogP contribution in [-0.2, 0) is 0 Å². The SMILES string of the molecule is CCOc1cc(-c2cc(F)c3nc(C4CCNCC4)nnc3c2)nn2cc(C)nc12.Cl. The second-order valence-corrected chi connectivity index (χ2v) is 7.50. The monoisotopic (exact) mass is 443 g/mol. The number of nitrogens with one attached hydrogen (secondary N) is 1. The molecule has 4 aromatic rings. The van der Waals surface area contributed by atoms with E-state index in [0.29, 0.717) is 40.6 Å². The van der Waals surface area contributed by atoms with Gasteiger partial charge in [0.2, 0.25) is 0 Å². The van der Waals surface area contributed by atoms with Crippen LogP contribution in [-0.4, -0.2) is 49.5 Å². The van der Waals surface area contributed by atoms with Gasteiger partial charge in [0.15, 0.2) is 23.0 Å². The molecule has 0 amide bonds. The van der Waals surface area contributed by atoms with Crippen LogP contribution >= 0.6 is 12.4 Å². The van der Waals surface area contributed by atoms with Gasteiger partial charge in [-0.25, -0.2) is 18.9 Å². The molecule has 0 unspecified atom stereocenters. The van der Waals surface area contributed by atoms with E-state index < -0.39 is 5.82 Å². The van der Waals surface area contributed by atoms with Crippen molar-refractivity contribution in [3.05, 3.63) is 41.7 Å². The van der Waals surface area contributed by atoms with Gasteiger partial charge in [-0.3, -0.25) is 0 Å². The minimum atomic E-state index is -0.436. The minimum Gasteiger partial charge on any atom is -0.490 e. The highest BCUT2D eigenvalue weighted by atomic mass is 35.5. The lowest BCUT2D eigenvalue weighted by Crippen LogP contribution is -2.27. The van der Waals surface area contributed by atoms with E-state index in [0.717, 1.165) is 31.6 Å². The number of halogens is 2. The van der Waals surface area contributed by atoms with Crippen molar-refractivity contribution in [2.45, 2.75) is 32.6 Å². The number of hydrogen-bond acceptors (Lipinski definition) is 7. The first kappa shape index (κ1) is 21.3. The molecule has 4 heterocycles. The number of imidazole rings is 1. The second-order valence-electron chi connectivity index (χ2n) is 7.50. The molecule has 8 nitrogen and oxygen atoms in total. The predicted molar refractivity (Wildman–Crippen MR) is 117 cm³/mol. The summed E-state index contributed by atoms with van der Waals surface area (Å²) in [5.41, 5.74) is 3.25. The zero-order valence-corrected chi connectivity index (χ0v) is 18.1. The lowest BCUT2D eigenvalue weighted by molar-refractivity contribution is 0.341. The van der Waals surface area contributed by atoms with Gasteiger partial charge in [0.1, 0.15) is 11.0 Å². The maximum absolute atomic E-state index is 15.0. The van der Waals surface area contributed by atoms with Gasteiger partial charge in [-0.05, 0) is 51.9 Å². The summed E-state index contributed by atoms with van der Waals surface area (Å²) < 4.78 is 22.4. The Labute approximate surface area is 184 Å². The third-order valence-corrected chi connectivity index (χ3v) is 5.34. The maximum atomic E-state index is 15.0. The van der Waals surface area contributed by atoms with E-state index in [1.165, 1.54) is 6.07 Å². The summed E-state index contributed by atoms with van der Waals surface area (Å²) in [6.45, 7) is 6.12. The molecule has 0 saturated carbocycles. The molecule has 162 valence electrons. The minimum absolute atomic E-state index is 0. The molecule has 0 spiro atoms. The third-order valence-electron chi connectivity index (χ3n) is 5.34. The second kappa shape index (κ2) is 8.68. The zero-order chi connectivity index (χ0) is 20.7. The fourth-order valence-corrected chi connectivity index (χ4v) is 3.88. The van der Waals surface area contributed by atoms with Crippen LogP contribution in [0.1, 0.15) is 37.2 Å². The molecule has 3 aromatic heterocycles. The van der Waals surface area contributed by atoms with E-state index in [1.54, 1.807) is 16.6 Å². The van der Waals surface area contributed by atoms with Crippen LogP contribution in [0.5, 0.6) is 5.75 Å². The molecule has 0 aliphatic carbocycles. The largest absolute Gasteiger partial charge is 0.490 e. The van der Waals surface area contributed by atoms with Crippen molar-refractivity contribution < 1.29 is 9.13 Å². The molecule has 1 fully saturated rings. The first-order valence-corrected chi connectivity index (χ1v) is 10.2. The summed E-state index contributed by atoms with van der Waals surface area (Å²) in [6.07, 6.45) is 3.67. The summed E-state index contributed by atoms with van der Waals surface area (Å²) >= 11 is 0. The number of piperidine rings is 1. The Morgan fingerprint density at radius 3 is 2.74 bits per heavy atom. The number of aromatic nitrogens is 6. The van der Waals surface area contributed by atoms with Crippen molar-refractivity contribution in [1.29, 1.82) is 0 Å². The van der Waals surface area contributed by atoms with Gasteiger partial charge in [0.05, 0.1) is 24.2 Å². The molecule has 0 bridgehead atoms. The number of ether oxygens (including phenoxy) is 1. The van der Waals surface area contributed by atoms with Gasteiger partial charge in [0, 0.05) is 17.5 Å². The molecular weight excluding hydrogens is 421 g/mol. The molecule has 0 atom stereocenters. The molecule has 1 aromatic carbocycles. The zero-order valence-electron chi connectivity index (χ0n) is 17.3. The number of benzene rings is 1. The number of fused-ring (bicyclic) bond motifs is 2. The maximum Gasteiger partial charge on any atom is 0.196 e. The number of hydrogen-bond donors (Lipinski definition) is 1. The average molecular weight is 444 g/mol. The van der Waals surface area contributed by atoms with Crippen LogP contribution in [0.25, 0.3) is 27.9 Å². The molecule has 0 radical (unpaired) electrons. The first-order valence-electron chi connectivity index (χ1n) is 10.2. The summed E-state index contributed by atoms with van der Waals surface area (Å²) in [7, 11) is 0. The van der Waals surface area contributed by atoms with Gasteiger partial charge < -0.3 is 10.1 Å². The van der Waals surface area contributed by atoms with Crippen LogP contribution in [0, 0.1) is 12.7 Å². The van der Waals surface area contributed by atoms with Gasteiger partial charge >= 0.3 is 0 Å². The lowest BCUT2D eigenvalue weighted by atomic mass is 9.97. The van der Waals surface area contributed by atoms with Gasteiger partial charge in [-0.2, -0.15) is 5.10 Å². The van der Waals surface area contributed by atoms with E-state index >= 15 is 4.39 Å². The molecule has 1 aliphatic heterocycles. The van der Waals surface area contributed by atoms with E-state index in [4.69, 9.17) is 4.74 Å². The Morgan fingerprint density at radius 2 is 1.97 bits per heavy atom. The molecule has 1 aliphatic rings. The van der Waals surface area contributed by atoms with Crippen molar-refractivity contribution in [2.24, 2.45) is 0 Å². The number of nitrogens with zero attached hydrogens (tertiary/aromatic N) is 6. The third kappa shape index (κ3) is 4.03. The molecule has 1 saturated heterocycles. The Balaban J connectivity index is 0.00000231. The predicted octanol–water partition coefficient (Wildman–Crippen LogP) is 3.47. The smallest absolute Gasteiger partial charge is 0.196 e. The van der Waals surface area contributed by atoms with E-state index in [2.05, 4.69) is 30.6 Å². The topological polar surface area (TPSA) is 90.1 Å². The highest BCUT2D eigenvalue weighted by Crippen LogP contribution is 2.29. The standard InChI is InChI=1S/C21H22FN7O.ClH/c1-3-30-18-10-16(28-29-11-12(2)24-21(18)29)14-8-15(22)19-17(9-14)26-27-20(25-19)13-4-6-23-7-5-13;/h8-11,13,23H,3-7H2,1-2H3;1H. The lowest BCUT2D eigenvalue weighted by Gasteiger charge is -2.20. The van der Waals surface area contributed by atoms with Crippen molar-refractivity contribution in [3.63, 3.8) is 0 Å². The van der Waals surface area contributed by atoms with Gasteiger partial charge in [-0.15, -0.1) is 22.6 Å². The Morgan fingerprint density at radius 1 is 1.16 bits per heavy atom. The summed E-state index contributed by atoms with van der Waals surface area (Å²) in [4.78, 5) is 8.95. The molecular formula is C21H23ClFN7O. The Hall–Kier alpha value is -2.91. The van der Waals surface area contributed by atoms with Crippen LogP contribution in [0.3, 0.4) is 0 Å². The van der Waals surface area contributed by atoms with Crippen molar-refractivity contribution in [2.75, 3.05) is 19.7 Å².